The summed E-state index contributed by atoms with van der Waals surface area (Å²) in [6, 6.07) is 8.92. The van der Waals surface area contributed by atoms with Gasteiger partial charge in [0, 0.05) is 19.2 Å². The molecule has 0 unspecified atom stereocenters. The Kier molecular flexibility index (Phi) is 4.86. The van der Waals surface area contributed by atoms with Gasteiger partial charge in [0.1, 0.15) is 0 Å². The fraction of sp³-hybridized carbons (Fsp3) is 0.286. The highest BCUT2D eigenvalue weighted by molar-refractivity contribution is 5.38. The first-order valence-electron chi connectivity index (χ1n) is 6.42. The van der Waals surface area contributed by atoms with Crippen molar-refractivity contribution in [1.82, 2.24) is 9.78 Å². The summed E-state index contributed by atoms with van der Waals surface area (Å²) >= 11 is 0. The van der Waals surface area contributed by atoms with Crippen molar-refractivity contribution in [2.24, 2.45) is 5.73 Å². The molecule has 0 atom stereocenters. The quantitative estimate of drug-likeness (QED) is 0.697. The van der Waals surface area contributed by atoms with E-state index in [0.717, 1.165) is 11.1 Å². The maximum Gasteiger partial charge on any atom is 0.269 e. The van der Waals surface area contributed by atoms with E-state index in [9.17, 15) is 4.79 Å². The number of anilines is 1. The van der Waals surface area contributed by atoms with Gasteiger partial charge in [-0.1, -0.05) is 24.3 Å². The third-order valence-corrected chi connectivity index (χ3v) is 2.88. The first-order valence-corrected chi connectivity index (χ1v) is 6.42. The Balaban J connectivity index is 2.10. The molecular formula is C14H18N4O2. The van der Waals surface area contributed by atoms with E-state index in [4.69, 9.17) is 10.8 Å². The van der Waals surface area contributed by atoms with Crippen LogP contribution in [-0.2, 0) is 13.2 Å². The van der Waals surface area contributed by atoms with E-state index >= 15 is 0 Å². The standard InChI is InChI=1S/C14H18N4O2/c15-5-6-16-13-7-14(20)18(17-8-13)9-11-1-3-12(10-19)4-2-11/h1-4,7-8,16,19H,5-6,9-10,15H2. The summed E-state index contributed by atoms with van der Waals surface area (Å²) in [7, 11) is 0. The molecule has 4 N–H and O–H groups in total. The van der Waals surface area contributed by atoms with Crippen LogP contribution in [-0.4, -0.2) is 28.0 Å². The minimum absolute atomic E-state index is 0.0139. The van der Waals surface area contributed by atoms with Gasteiger partial charge in [-0.2, -0.15) is 5.10 Å². The fourth-order valence-corrected chi connectivity index (χ4v) is 1.79. The van der Waals surface area contributed by atoms with Gasteiger partial charge in [0.15, 0.2) is 0 Å². The molecule has 0 aliphatic carbocycles. The molecule has 1 heterocycles. The number of hydrogen-bond acceptors (Lipinski definition) is 5. The van der Waals surface area contributed by atoms with Gasteiger partial charge in [-0.05, 0) is 11.1 Å². The van der Waals surface area contributed by atoms with E-state index in [0.29, 0.717) is 25.3 Å². The topological polar surface area (TPSA) is 93.2 Å². The number of aliphatic hydroxyl groups excluding tert-OH is 1. The monoisotopic (exact) mass is 274 g/mol. The summed E-state index contributed by atoms with van der Waals surface area (Å²) < 4.78 is 1.39. The predicted octanol–water partition coefficient (Wildman–Crippen LogP) is 0.154. The molecule has 1 aromatic heterocycles. The van der Waals surface area contributed by atoms with Crippen LogP contribution >= 0.6 is 0 Å². The number of aromatic nitrogens is 2. The number of nitrogens with one attached hydrogen (secondary N) is 1. The Labute approximate surface area is 116 Å². The van der Waals surface area contributed by atoms with Gasteiger partial charge in [-0.25, -0.2) is 4.68 Å². The van der Waals surface area contributed by atoms with Crippen molar-refractivity contribution in [2.75, 3.05) is 18.4 Å². The molecule has 0 amide bonds. The van der Waals surface area contributed by atoms with Gasteiger partial charge >= 0.3 is 0 Å². The van der Waals surface area contributed by atoms with Crippen molar-refractivity contribution < 1.29 is 5.11 Å². The zero-order chi connectivity index (χ0) is 14.4. The van der Waals surface area contributed by atoms with Crippen molar-refractivity contribution in [1.29, 1.82) is 0 Å². The molecule has 2 aromatic rings. The molecule has 20 heavy (non-hydrogen) atoms. The zero-order valence-electron chi connectivity index (χ0n) is 11.1. The highest BCUT2D eigenvalue weighted by atomic mass is 16.3. The molecule has 6 nitrogen and oxygen atoms in total. The van der Waals surface area contributed by atoms with Gasteiger partial charge in [0.2, 0.25) is 0 Å². The molecule has 6 heteroatoms. The molecule has 106 valence electrons. The van der Waals surface area contributed by atoms with Crippen molar-refractivity contribution >= 4 is 5.69 Å². The Hall–Kier alpha value is -2.18. The van der Waals surface area contributed by atoms with Crippen LogP contribution in [0.2, 0.25) is 0 Å². The molecule has 0 spiro atoms. The predicted molar refractivity (Wildman–Crippen MR) is 77.5 cm³/mol. The van der Waals surface area contributed by atoms with Crippen LogP contribution in [0.1, 0.15) is 11.1 Å². The van der Waals surface area contributed by atoms with Gasteiger partial charge in [-0.15, -0.1) is 0 Å². The van der Waals surface area contributed by atoms with E-state index in [1.54, 1.807) is 6.20 Å². The lowest BCUT2D eigenvalue weighted by atomic mass is 10.1. The van der Waals surface area contributed by atoms with Crippen LogP contribution in [0.3, 0.4) is 0 Å². The third-order valence-electron chi connectivity index (χ3n) is 2.88. The van der Waals surface area contributed by atoms with Crippen LogP contribution in [0.25, 0.3) is 0 Å². The van der Waals surface area contributed by atoms with Crippen molar-refractivity contribution in [2.45, 2.75) is 13.2 Å². The molecular weight excluding hydrogens is 256 g/mol. The smallest absolute Gasteiger partial charge is 0.269 e. The summed E-state index contributed by atoms with van der Waals surface area (Å²) in [6.45, 7) is 1.52. The summed E-state index contributed by atoms with van der Waals surface area (Å²) in [5.41, 5.74) is 7.69. The van der Waals surface area contributed by atoms with Gasteiger partial charge < -0.3 is 16.2 Å². The molecule has 0 radical (unpaired) electrons. The second kappa shape index (κ2) is 6.83. The van der Waals surface area contributed by atoms with E-state index in [1.807, 2.05) is 24.3 Å². The average Bonchev–Trinajstić information content (AvgIpc) is 2.48. The molecule has 1 aromatic carbocycles. The van der Waals surface area contributed by atoms with Crippen LogP contribution in [0.5, 0.6) is 0 Å². The molecule has 0 saturated heterocycles. The average molecular weight is 274 g/mol. The molecule has 0 aliphatic rings. The van der Waals surface area contributed by atoms with Gasteiger partial charge in [0.25, 0.3) is 5.56 Å². The SMILES string of the molecule is NCCNc1cnn(Cc2ccc(CO)cc2)c(=O)c1. The minimum atomic E-state index is -0.168. The first-order chi connectivity index (χ1) is 9.72. The molecule has 2 rings (SSSR count). The van der Waals surface area contributed by atoms with Gasteiger partial charge in [-0.3, -0.25) is 4.79 Å². The van der Waals surface area contributed by atoms with Gasteiger partial charge in [0.05, 0.1) is 25.0 Å². The summed E-state index contributed by atoms with van der Waals surface area (Å²) in [4.78, 5) is 11.9. The first kappa shape index (κ1) is 14.2. The Bertz CT molecular complexity index is 607. The number of nitrogens with zero attached hydrogens (tertiary/aromatic N) is 2. The van der Waals surface area contributed by atoms with E-state index in [-0.39, 0.29) is 12.2 Å². The number of rotatable bonds is 6. The normalized spacial score (nSPS) is 10.5. The lowest BCUT2D eigenvalue weighted by Gasteiger charge is -2.07. The highest BCUT2D eigenvalue weighted by Gasteiger charge is 2.01. The third kappa shape index (κ3) is 3.66. The second-order valence-corrected chi connectivity index (χ2v) is 4.43. The fourth-order valence-electron chi connectivity index (χ4n) is 1.79. The minimum Gasteiger partial charge on any atom is -0.392 e. The number of hydrogen-bond donors (Lipinski definition) is 3. The lowest BCUT2D eigenvalue weighted by Crippen LogP contribution is -2.24. The lowest BCUT2D eigenvalue weighted by molar-refractivity contribution is 0.282. The Morgan fingerprint density at radius 2 is 1.95 bits per heavy atom. The van der Waals surface area contributed by atoms with Crippen LogP contribution in [0, 0.1) is 0 Å². The second-order valence-electron chi connectivity index (χ2n) is 4.43. The van der Waals surface area contributed by atoms with Crippen LogP contribution in [0.15, 0.2) is 41.3 Å². The van der Waals surface area contributed by atoms with Crippen molar-refractivity contribution in [3.8, 4) is 0 Å². The van der Waals surface area contributed by atoms with Crippen LogP contribution < -0.4 is 16.6 Å². The molecule has 0 fully saturated rings. The number of nitrogens with two attached hydrogens (primary N) is 1. The molecule has 0 aliphatic heterocycles. The Morgan fingerprint density at radius 3 is 2.55 bits per heavy atom. The van der Waals surface area contributed by atoms with E-state index in [2.05, 4.69) is 10.4 Å². The summed E-state index contributed by atoms with van der Waals surface area (Å²) in [6.07, 6.45) is 1.61. The number of benzene rings is 1. The van der Waals surface area contributed by atoms with E-state index < -0.39 is 0 Å². The largest absolute Gasteiger partial charge is 0.392 e. The maximum atomic E-state index is 11.9. The van der Waals surface area contributed by atoms with Crippen molar-refractivity contribution in [3.63, 3.8) is 0 Å². The molecule has 0 saturated carbocycles. The number of aliphatic hydroxyl groups is 1. The maximum absolute atomic E-state index is 11.9. The summed E-state index contributed by atoms with van der Waals surface area (Å²) in [5.74, 6) is 0. The van der Waals surface area contributed by atoms with E-state index in [1.165, 1.54) is 10.7 Å². The molecule has 0 bridgehead atoms. The van der Waals surface area contributed by atoms with Crippen LogP contribution in [0.4, 0.5) is 5.69 Å². The Morgan fingerprint density at radius 1 is 1.25 bits per heavy atom. The van der Waals surface area contributed by atoms with Crippen molar-refractivity contribution in [3.05, 3.63) is 58.0 Å². The highest BCUT2D eigenvalue weighted by Crippen LogP contribution is 2.06. The zero-order valence-corrected chi connectivity index (χ0v) is 11.1. The summed E-state index contributed by atoms with van der Waals surface area (Å²) in [5, 5.41) is 16.1.